The normalized spacial score (nSPS) is 14.6. The maximum Gasteiger partial charge on any atom is 0.237 e. The highest BCUT2D eigenvalue weighted by molar-refractivity contribution is 5.86. The van der Waals surface area contributed by atoms with Gasteiger partial charge in [0.25, 0.3) is 0 Å². The SMILES string of the molecule is CNC(=O)CN1CCN(CC(=O)N(Cc2ccc3ccccc3c2)Cc2ccc3ccccc3c2)CCN(CC(=O)NC)CCN(CC(=O)N(Cc2ccc3ccccc3c2)Cc2ccc3ccccc3c2)CC1. The summed E-state index contributed by atoms with van der Waals surface area (Å²) in [4.78, 5) is 68.4. The van der Waals surface area contributed by atoms with E-state index in [4.69, 9.17) is 0 Å². The van der Waals surface area contributed by atoms with E-state index in [9.17, 15) is 19.2 Å². The van der Waals surface area contributed by atoms with Gasteiger partial charge in [-0.15, -0.1) is 0 Å². The van der Waals surface area contributed by atoms with Crippen molar-refractivity contribution < 1.29 is 19.2 Å². The fourth-order valence-electron chi connectivity index (χ4n) is 10.1. The first-order valence-corrected chi connectivity index (χ1v) is 25.9. The summed E-state index contributed by atoms with van der Waals surface area (Å²) in [7, 11) is 3.30. The zero-order valence-electron chi connectivity index (χ0n) is 42.8. The van der Waals surface area contributed by atoms with Gasteiger partial charge in [-0.2, -0.15) is 0 Å². The average molecular weight is 989 g/mol. The topological polar surface area (TPSA) is 112 Å². The zero-order chi connectivity index (χ0) is 51.2. The Balaban J connectivity index is 0.947. The van der Waals surface area contributed by atoms with Crippen LogP contribution < -0.4 is 10.6 Å². The summed E-state index contributed by atoms with van der Waals surface area (Å²) < 4.78 is 0. The highest BCUT2D eigenvalue weighted by Crippen LogP contribution is 2.23. The summed E-state index contributed by atoms with van der Waals surface area (Å²) in [5.74, 6) is -0.215. The van der Waals surface area contributed by atoms with Gasteiger partial charge in [-0.25, -0.2) is 0 Å². The molecule has 1 aliphatic heterocycles. The molecule has 8 aromatic carbocycles. The Morgan fingerprint density at radius 1 is 0.338 bits per heavy atom. The summed E-state index contributed by atoms with van der Waals surface area (Å²) >= 11 is 0. The molecule has 12 nitrogen and oxygen atoms in total. The van der Waals surface area contributed by atoms with Gasteiger partial charge >= 0.3 is 0 Å². The standard InChI is InChI=1S/C62H68N8O4/c1-63-59(71)43-65-27-31-67(45-61(73)69(39-47-19-23-51-11-3-7-15-55(51)35-47)40-48-20-24-52-12-4-8-16-56(52)36-48)33-29-66(44-60(72)64-2)30-34-68(32-28-65)46-62(74)70(41-49-21-25-53-13-5-9-17-57(53)37-49)42-50-22-26-54-14-6-10-18-58(54)38-50/h3-26,35-38H,27-34,39-46H2,1-2H3,(H,63,71)(H,64,72). The van der Waals surface area contributed by atoms with E-state index < -0.39 is 0 Å². The second-order valence-corrected chi connectivity index (χ2v) is 19.7. The lowest BCUT2D eigenvalue weighted by Gasteiger charge is -2.35. The summed E-state index contributed by atoms with van der Waals surface area (Å²) in [6, 6.07) is 58.7. The number of likely N-dealkylation sites (N-methyl/N-ethyl adjacent to an activating group) is 2. The molecule has 1 saturated heterocycles. The highest BCUT2D eigenvalue weighted by Gasteiger charge is 2.25. The van der Waals surface area contributed by atoms with E-state index in [0.29, 0.717) is 78.5 Å². The van der Waals surface area contributed by atoms with Crippen LogP contribution in [0.5, 0.6) is 0 Å². The lowest BCUT2D eigenvalue weighted by atomic mass is 10.1. The summed E-state index contributed by atoms with van der Waals surface area (Å²) in [6.45, 7) is 6.55. The fourth-order valence-corrected chi connectivity index (χ4v) is 10.1. The molecule has 12 heteroatoms. The predicted octanol–water partition coefficient (Wildman–Crippen LogP) is 7.77. The number of amides is 4. The van der Waals surface area contributed by atoms with E-state index in [2.05, 4.69) is 152 Å². The molecule has 0 saturated carbocycles. The molecule has 0 bridgehead atoms. The van der Waals surface area contributed by atoms with Crippen molar-refractivity contribution in [3.63, 3.8) is 0 Å². The average Bonchev–Trinajstić information content (AvgIpc) is 3.42. The fraction of sp³-hybridized carbons (Fsp3) is 0.290. The molecule has 0 spiro atoms. The number of carbonyl (C=O) groups excluding carboxylic acids is 4. The van der Waals surface area contributed by atoms with Crippen LogP contribution in [-0.2, 0) is 45.4 Å². The van der Waals surface area contributed by atoms with Crippen LogP contribution >= 0.6 is 0 Å². The minimum absolute atomic E-state index is 0.00395. The summed E-state index contributed by atoms with van der Waals surface area (Å²) in [5, 5.41) is 14.7. The monoisotopic (exact) mass is 989 g/mol. The van der Waals surface area contributed by atoms with Crippen LogP contribution in [-0.4, -0.2) is 146 Å². The summed E-state index contributed by atoms with van der Waals surface area (Å²) in [5.41, 5.74) is 4.20. The van der Waals surface area contributed by atoms with Gasteiger partial charge in [0.2, 0.25) is 23.6 Å². The van der Waals surface area contributed by atoms with E-state index in [1.54, 1.807) is 14.1 Å². The number of benzene rings is 8. The Labute approximate surface area is 435 Å². The van der Waals surface area contributed by atoms with Gasteiger partial charge in [-0.05, 0) is 89.6 Å². The number of hydrogen-bond donors (Lipinski definition) is 2. The highest BCUT2D eigenvalue weighted by atomic mass is 16.2. The Kier molecular flexibility index (Phi) is 17.3. The molecule has 1 heterocycles. The molecule has 0 aromatic heterocycles. The Morgan fingerprint density at radius 3 is 0.811 bits per heavy atom. The first-order chi connectivity index (χ1) is 36.1. The molecule has 9 rings (SSSR count). The first kappa shape index (κ1) is 51.4. The second kappa shape index (κ2) is 25.0. The van der Waals surface area contributed by atoms with Crippen molar-refractivity contribution in [1.82, 2.24) is 40.0 Å². The molecule has 1 fully saturated rings. The van der Waals surface area contributed by atoms with E-state index >= 15 is 0 Å². The maximum absolute atomic E-state index is 14.9. The van der Waals surface area contributed by atoms with Crippen molar-refractivity contribution in [3.05, 3.63) is 192 Å². The van der Waals surface area contributed by atoms with Gasteiger partial charge in [0, 0.05) is 92.6 Å². The minimum atomic E-state index is -0.104. The number of hydrogen-bond acceptors (Lipinski definition) is 8. The predicted molar refractivity (Wildman–Crippen MR) is 298 cm³/mol. The van der Waals surface area contributed by atoms with Crippen molar-refractivity contribution in [2.24, 2.45) is 0 Å². The molecule has 1 aliphatic rings. The van der Waals surface area contributed by atoms with Crippen molar-refractivity contribution in [1.29, 1.82) is 0 Å². The van der Waals surface area contributed by atoms with Crippen LogP contribution in [0.1, 0.15) is 22.3 Å². The van der Waals surface area contributed by atoms with Crippen molar-refractivity contribution in [2.75, 3.05) is 92.6 Å². The van der Waals surface area contributed by atoms with Crippen LogP contribution in [0.25, 0.3) is 43.1 Å². The third-order valence-corrected chi connectivity index (χ3v) is 14.4. The first-order valence-electron chi connectivity index (χ1n) is 25.9. The number of nitrogens with zero attached hydrogens (tertiary/aromatic N) is 6. The summed E-state index contributed by atoms with van der Waals surface area (Å²) in [6.07, 6.45) is 0. The van der Waals surface area contributed by atoms with E-state index in [1.165, 1.54) is 0 Å². The number of carbonyl (C=O) groups is 4. The molecule has 2 N–H and O–H groups in total. The smallest absolute Gasteiger partial charge is 0.237 e. The van der Waals surface area contributed by atoms with Gasteiger partial charge in [0.05, 0.1) is 26.2 Å². The number of nitrogens with one attached hydrogen (secondary N) is 2. The van der Waals surface area contributed by atoms with Crippen LogP contribution in [0.4, 0.5) is 0 Å². The van der Waals surface area contributed by atoms with Gasteiger partial charge in [0.15, 0.2) is 0 Å². The van der Waals surface area contributed by atoms with Gasteiger partial charge in [-0.3, -0.25) is 38.8 Å². The lowest BCUT2D eigenvalue weighted by Crippen LogP contribution is -2.51. The minimum Gasteiger partial charge on any atom is -0.358 e. The van der Waals surface area contributed by atoms with Crippen molar-refractivity contribution in [2.45, 2.75) is 26.2 Å². The van der Waals surface area contributed by atoms with Gasteiger partial charge in [-0.1, -0.05) is 146 Å². The van der Waals surface area contributed by atoms with Crippen LogP contribution in [0, 0.1) is 0 Å². The molecule has 0 atom stereocenters. The number of rotatable bonds is 16. The van der Waals surface area contributed by atoms with E-state index in [0.717, 1.165) is 65.3 Å². The molecule has 0 aliphatic carbocycles. The molecule has 4 amide bonds. The molecule has 74 heavy (non-hydrogen) atoms. The number of fused-ring (bicyclic) bond motifs is 4. The van der Waals surface area contributed by atoms with Crippen molar-refractivity contribution in [3.8, 4) is 0 Å². The molecule has 380 valence electrons. The zero-order valence-corrected chi connectivity index (χ0v) is 42.8. The largest absolute Gasteiger partial charge is 0.358 e. The van der Waals surface area contributed by atoms with E-state index in [-0.39, 0.29) is 49.8 Å². The maximum atomic E-state index is 14.9. The lowest BCUT2D eigenvalue weighted by molar-refractivity contribution is -0.134. The van der Waals surface area contributed by atoms with Crippen LogP contribution in [0.3, 0.4) is 0 Å². The van der Waals surface area contributed by atoms with Gasteiger partial charge in [0.1, 0.15) is 0 Å². The quantitative estimate of drug-likeness (QED) is 0.101. The Bertz CT molecular complexity index is 2840. The molecule has 0 radical (unpaired) electrons. The Morgan fingerprint density at radius 2 is 0.568 bits per heavy atom. The molecular weight excluding hydrogens is 921 g/mol. The third-order valence-electron chi connectivity index (χ3n) is 14.4. The van der Waals surface area contributed by atoms with Gasteiger partial charge < -0.3 is 20.4 Å². The van der Waals surface area contributed by atoms with Crippen molar-refractivity contribution >= 4 is 66.7 Å². The second-order valence-electron chi connectivity index (χ2n) is 19.7. The van der Waals surface area contributed by atoms with E-state index in [1.807, 2.05) is 58.3 Å². The Hall–Kier alpha value is -7.48. The van der Waals surface area contributed by atoms with Crippen LogP contribution in [0.2, 0.25) is 0 Å². The van der Waals surface area contributed by atoms with Crippen LogP contribution in [0.15, 0.2) is 170 Å². The molecule has 8 aromatic rings. The molecular formula is C62H68N8O4. The third kappa shape index (κ3) is 14.0. The molecule has 0 unspecified atom stereocenters.